The topological polar surface area (TPSA) is 125 Å². The Kier molecular flexibility index (Phi) is 10.0. The molecule has 2 aliphatic heterocycles. The van der Waals surface area contributed by atoms with E-state index in [4.69, 9.17) is 9.92 Å². The Morgan fingerprint density at radius 2 is 1.92 bits per heavy atom. The van der Waals surface area contributed by atoms with Gasteiger partial charge in [-0.3, -0.25) is 9.59 Å². The fourth-order valence-electron chi connectivity index (χ4n) is 5.96. The van der Waals surface area contributed by atoms with Gasteiger partial charge in [-0.15, -0.1) is 0 Å². The van der Waals surface area contributed by atoms with Crippen LogP contribution in [0.5, 0.6) is 5.75 Å². The van der Waals surface area contributed by atoms with E-state index in [2.05, 4.69) is 17.1 Å². The molecule has 3 N–H and O–H groups in total. The summed E-state index contributed by atoms with van der Waals surface area (Å²) in [6, 6.07) is 3.69. The van der Waals surface area contributed by atoms with Gasteiger partial charge in [0, 0.05) is 51.7 Å². The summed E-state index contributed by atoms with van der Waals surface area (Å²) in [6.07, 6.45) is 7.52. The number of nitrogens with one attached hydrogen (secondary N) is 1. The molecule has 2 amide bonds. The molecule has 1 unspecified atom stereocenters. The molecule has 0 spiro atoms. The van der Waals surface area contributed by atoms with Crippen LogP contribution in [0.1, 0.15) is 73.4 Å². The molecule has 38 heavy (non-hydrogen) atoms. The van der Waals surface area contributed by atoms with Gasteiger partial charge in [0.05, 0.1) is 5.56 Å². The summed E-state index contributed by atoms with van der Waals surface area (Å²) in [6.45, 7) is 8.03. The Morgan fingerprint density at radius 3 is 2.66 bits per heavy atom. The van der Waals surface area contributed by atoms with E-state index in [-0.39, 0.29) is 23.3 Å². The Balaban J connectivity index is 1.43. The lowest BCUT2D eigenvalue weighted by Gasteiger charge is -2.36. The number of nitrogens with zero attached hydrogens (tertiary/aromatic N) is 3. The number of carbonyl (C=O) groups excluding carboxylic acids is 2. The number of amides is 2. The third-order valence-electron chi connectivity index (χ3n) is 7.96. The highest BCUT2D eigenvalue weighted by molar-refractivity contribution is 7.84. The summed E-state index contributed by atoms with van der Waals surface area (Å²) in [5.74, 6) is -0.400. The van der Waals surface area contributed by atoms with E-state index < -0.39 is 16.2 Å². The van der Waals surface area contributed by atoms with E-state index in [1.54, 1.807) is 6.07 Å². The number of carbonyl (C=O) groups is 2. The summed E-state index contributed by atoms with van der Waals surface area (Å²) in [5, 5.41) is 3.28. The maximum absolute atomic E-state index is 12.8. The Morgan fingerprint density at radius 1 is 1.13 bits per heavy atom. The van der Waals surface area contributed by atoms with Crippen LogP contribution in [0.4, 0.5) is 0 Å². The average molecular weight is 550 g/mol. The largest absolute Gasteiger partial charge is 0.385 e. The van der Waals surface area contributed by atoms with Crippen LogP contribution in [0.2, 0.25) is 0 Å². The van der Waals surface area contributed by atoms with Crippen molar-refractivity contribution in [2.24, 2.45) is 5.73 Å². The monoisotopic (exact) mass is 549 g/mol. The SMILES string of the molecule is CCCN(CCCCN1CCNCCC1=O)C1CCc2ccc(OS(=O)(=O)N3CCCC3)c(C(N)=O)c2C1. The molecule has 2 heterocycles. The number of unbranched alkanes of at least 4 members (excludes halogenated alkanes) is 1. The number of nitrogens with two attached hydrogens (primary N) is 1. The van der Waals surface area contributed by atoms with Crippen molar-refractivity contribution >= 4 is 22.1 Å². The fraction of sp³-hybridized carbons (Fsp3) is 0.704. The first-order chi connectivity index (χ1) is 18.3. The quantitative estimate of drug-likeness (QED) is 0.380. The van der Waals surface area contributed by atoms with E-state index in [1.807, 2.05) is 11.0 Å². The van der Waals surface area contributed by atoms with Crippen LogP contribution in [0.15, 0.2) is 12.1 Å². The molecule has 11 heteroatoms. The van der Waals surface area contributed by atoms with Crippen LogP contribution in [-0.2, 0) is 27.9 Å². The summed E-state index contributed by atoms with van der Waals surface area (Å²) < 4.78 is 32.4. The molecule has 212 valence electrons. The number of primary amides is 1. The lowest BCUT2D eigenvalue weighted by atomic mass is 9.84. The van der Waals surface area contributed by atoms with Crippen molar-refractivity contribution in [3.63, 3.8) is 0 Å². The number of rotatable bonds is 12. The van der Waals surface area contributed by atoms with Gasteiger partial charge in [-0.25, -0.2) is 0 Å². The molecule has 10 nitrogen and oxygen atoms in total. The number of hydrogen-bond donors (Lipinski definition) is 2. The highest BCUT2D eigenvalue weighted by Crippen LogP contribution is 2.34. The molecular weight excluding hydrogens is 506 g/mol. The van der Waals surface area contributed by atoms with Gasteiger partial charge < -0.3 is 25.0 Å². The van der Waals surface area contributed by atoms with Crippen LogP contribution < -0.4 is 15.2 Å². The van der Waals surface area contributed by atoms with E-state index in [9.17, 15) is 18.0 Å². The maximum Gasteiger partial charge on any atom is 0.385 e. The van der Waals surface area contributed by atoms with Crippen LogP contribution in [0, 0.1) is 0 Å². The zero-order valence-electron chi connectivity index (χ0n) is 22.6. The van der Waals surface area contributed by atoms with E-state index in [0.717, 1.165) is 95.3 Å². The second kappa shape index (κ2) is 13.2. The first-order valence-electron chi connectivity index (χ1n) is 14.2. The second-order valence-corrected chi connectivity index (χ2v) is 12.1. The lowest BCUT2D eigenvalue weighted by Crippen LogP contribution is -2.41. The summed E-state index contributed by atoms with van der Waals surface area (Å²) in [4.78, 5) is 29.3. The highest BCUT2D eigenvalue weighted by Gasteiger charge is 2.32. The van der Waals surface area contributed by atoms with E-state index in [0.29, 0.717) is 25.9 Å². The highest BCUT2D eigenvalue weighted by atomic mass is 32.2. The number of hydrogen-bond acceptors (Lipinski definition) is 7. The zero-order chi connectivity index (χ0) is 27.1. The van der Waals surface area contributed by atoms with Gasteiger partial charge >= 0.3 is 10.3 Å². The molecule has 1 aromatic carbocycles. The Bertz CT molecular complexity index is 1090. The van der Waals surface area contributed by atoms with Gasteiger partial charge in [-0.1, -0.05) is 13.0 Å². The second-order valence-electron chi connectivity index (χ2n) is 10.6. The van der Waals surface area contributed by atoms with Crippen LogP contribution in [0.3, 0.4) is 0 Å². The summed E-state index contributed by atoms with van der Waals surface area (Å²) in [5.41, 5.74) is 7.84. The summed E-state index contributed by atoms with van der Waals surface area (Å²) >= 11 is 0. The first-order valence-corrected chi connectivity index (χ1v) is 15.5. The molecule has 0 bridgehead atoms. The normalized spacial score (nSPS) is 20.9. The van der Waals surface area contributed by atoms with Gasteiger partial charge in [-0.05, 0) is 81.6 Å². The van der Waals surface area contributed by atoms with Crippen molar-refractivity contribution in [1.82, 2.24) is 19.4 Å². The zero-order valence-corrected chi connectivity index (χ0v) is 23.4. The standard InChI is InChI=1S/C27H43N5O5S/c1-2-14-30(15-3-4-16-31-19-13-29-12-11-25(31)33)22-9-7-21-8-10-24(26(27(28)34)23(21)20-22)37-38(35,36)32-17-5-6-18-32/h8,10,22,29H,2-7,9,11-20H2,1H3,(H2,28,34). The molecule has 4 rings (SSSR count). The van der Waals surface area contributed by atoms with Crippen molar-refractivity contribution in [3.8, 4) is 5.75 Å². The van der Waals surface area contributed by atoms with Crippen LogP contribution in [0.25, 0.3) is 0 Å². The average Bonchev–Trinajstić information content (AvgIpc) is 3.37. The third-order valence-corrected chi connectivity index (χ3v) is 9.35. The lowest BCUT2D eigenvalue weighted by molar-refractivity contribution is -0.130. The molecule has 1 aromatic rings. The Labute approximate surface area is 227 Å². The van der Waals surface area contributed by atoms with Gasteiger partial charge in [0.25, 0.3) is 5.91 Å². The smallest absolute Gasteiger partial charge is 0.370 e. The minimum Gasteiger partial charge on any atom is -0.370 e. The predicted octanol–water partition coefficient (Wildman–Crippen LogP) is 1.68. The minimum atomic E-state index is -3.98. The van der Waals surface area contributed by atoms with Crippen molar-refractivity contribution in [3.05, 3.63) is 28.8 Å². The molecule has 0 radical (unpaired) electrons. The fourth-order valence-corrected chi connectivity index (χ4v) is 7.14. The van der Waals surface area contributed by atoms with E-state index >= 15 is 0 Å². The molecule has 3 aliphatic rings. The molecule has 1 aliphatic carbocycles. The third kappa shape index (κ3) is 7.05. The molecule has 0 aromatic heterocycles. The van der Waals surface area contributed by atoms with Crippen molar-refractivity contribution in [2.45, 2.75) is 70.8 Å². The van der Waals surface area contributed by atoms with Crippen molar-refractivity contribution in [1.29, 1.82) is 0 Å². The van der Waals surface area contributed by atoms with Crippen molar-refractivity contribution in [2.75, 3.05) is 52.4 Å². The van der Waals surface area contributed by atoms with E-state index in [1.165, 1.54) is 4.31 Å². The van der Waals surface area contributed by atoms with Gasteiger partial charge in [0.2, 0.25) is 5.91 Å². The molecule has 0 saturated carbocycles. The minimum absolute atomic E-state index is 0.0300. The van der Waals surface area contributed by atoms with Gasteiger partial charge in [-0.2, -0.15) is 12.7 Å². The molecular formula is C27H43N5O5S. The Hall–Kier alpha value is -2.21. The predicted molar refractivity (Wildman–Crippen MR) is 146 cm³/mol. The molecule has 1 atom stereocenters. The summed E-state index contributed by atoms with van der Waals surface area (Å²) in [7, 11) is -3.98. The van der Waals surface area contributed by atoms with Crippen molar-refractivity contribution < 1.29 is 22.2 Å². The van der Waals surface area contributed by atoms with Crippen LogP contribution in [-0.4, -0.2) is 92.7 Å². The number of fused-ring (bicyclic) bond motifs is 1. The van der Waals surface area contributed by atoms with Gasteiger partial charge in [0.15, 0.2) is 5.75 Å². The number of benzene rings is 1. The maximum atomic E-state index is 12.8. The number of aryl methyl sites for hydroxylation is 1. The first kappa shape index (κ1) is 28.8. The molecule has 2 fully saturated rings. The van der Waals surface area contributed by atoms with Crippen LogP contribution >= 0.6 is 0 Å². The van der Waals surface area contributed by atoms with Gasteiger partial charge in [0.1, 0.15) is 0 Å². The molecule has 2 saturated heterocycles.